The molecular formula is C16H20O2. The van der Waals surface area contributed by atoms with Crippen molar-refractivity contribution in [2.24, 2.45) is 11.8 Å². The Kier molecular flexibility index (Phi) is 3.85. The maximum Gasteiger partial charge on any atom is 0.313 e. The summed E-state index contributed by atoms with van der Waals surface area (Å²) in [5.41, 5.74) is 3.73. The van der Waals surface area contributed by atoms with E-state index in [0.29, 0.717) is 6.61 Å². The predicted octanol–water partition coefficient (Wildman–Crippen LogP) is 3.46. The molecule has 0 fully saturated rings. The minimum absolute atomic E-state index is 0.0912. The number of esters is 1. The smallest absolute Gasteiger partial charge is 0.313 e. The summed E-state index contributed by atoms with van der Waals surface area (Å²) in [7, 11) is 0. The molecule has 2 nitrogen and oxygen atoms in total. The Morgan fingerprint density at radius 3 is 2.67 bits per heavy atom. The third kappa shape index (κ3) is 2.47. The summed E-state index contributed by atoms with van der Waals surface area (Å²) >= 11 is 0. The highest BCUT2D eigenvalue weighted by atomic mass is 16.5. The van der Waals surface area contributed by atoms with Gasteiger partial charge in [0.1, 0.15) is 0 Å². The van der Waals surface area contributed by atoms with E-state index < -0.39 is 0 Å². The van der Waals surface area contributed by atoms with E-state index in [-0.39, 0.29) is 17.8 Å². The molecule has 0 aliphatic heterocycles. The quantitative estimate of drug-likeness (QED) is 0.758. The summed E-state index contributed by atoms with van der Waals surface area (Å²) in [4.78, 5) is 12.1. The zero-order valence-corrected chi connectivity index (χ0v) is 11.3. The summed E-state index contributed by atoms with van der Waals surface area (Å²) in [6, 6.07) is 8.31. The molecule has 0 N–H and O–H groups in total. The van der Waals surface area contributed by atoms with Gasteiger partial charge in [-0.2, -0.15) is 0 Å². The van der Waals surface area contributed by atoms with Crippen molar-refractivity contribution in [3.63, 3.8) is 0 Å². The van der Waals surface area contributed by atoms with E-state index >= 15 is 0 Å². The van der Waals surface area contributed by atoms with Crippen LogP contribution in [0.15, 0.2) is 29.8 Å². The van der Waals surface area contributed by atoms with Crippen LogP contribution in [-0.4, -0.2) is 12.6 Å². The number of hydrogen-bond acceptors (Lipinski definition) is 2. The lowest BCUT2D eigenvalue weighted by Crippen LogP contribution is -2.25. The maximum atomic E-state index is 12.1. The lowest BCUT2D eigenvalue weighted by molar-refractivity contribution is -0.148. The van der Waals surface area contributed by atoms with Crippen LogP contribution in [0.25, 0.3) is 6.08 Å². The molecule has 2 rings (SSSR count). The highest BCUT2D eigenvalue weighted by molar-refractivity contribution is 5.80. The van der Waals surface area contributed by atoms with Crippen LogP contribution in [-0.2, 0) is 16.0 Å². The van der Waals surface area contributed by atoms with E-state index in [4.69, 9.17) is 4.74 Å². The van der Waals surface area contributed by atoms with Gasteiger partial charge < -0.3 is 4.74 Å². The number of hydrogen-bond donors (Lipinski definition) is 0. The first kappa shape index (κ1) is 12.9. The Bertz CT molecular complexity index is 472. The van der Waals surface area contributed by atoms with E-state index in [1.807, 2.05) is 19.1 Å². The van der Waals surface area contributed by atoms with Crippen molar-refractivity contribution in [2.45, 2.75) is 27.2 Å². The second-order valence-corrected chi connectivity index (χ2v) is 5.07. The van der Waals surface area contributed by atoms with Crippen LogP contribution in [0, 0.1) is 11.8 Å². The Labute approximate surface area is 109 Å². The Hall–Kier alpha value is -1.57. The molecule has 0 heterocycles. The van der Waals surface area contributed by atoms with Crippen molar-refractivity contribution in [2.75, 3.05) is 6.61 Å². The summed E-state index contributed by atoms with van der Waals surface area (Å²) in [6.45, 7) is 6.45. The molecule has 1 atom stereocenters. The van der Waals surface area contributed by atoms with Gasteiger partial charge in [-0.05, 0) is 30.4 Å². The van der Waals surface area contributed by atoms with Crippen molar-refractivity contribution >= 4 is 12.0 Å². The molecular weight excluding hydrogens is 224 g/mol. The largest absolute Gasteiger partial charge is 0.466 e. The fourth-order valence-corrected chi connectivity index (χ4v) is 2.59. The van der Waals surface area contributed by atoms with E-state index in [1.54, 1.807) is 0 Å². The lowest BCUT2D eigenvalue weighted by atomic mass is 9.87. The minimum Gasteiger partial charge on any atom is -0.466 e. The number of ether oxygens (including phenoxy) is 1. The van der Waals surface area contributed by atoms with Gasteiger partial charge in [0.15, 0.2) is 0 Å². The molecule has 0 spiro atoms. The van der Waals surface area contributed by atoms with Crippen LogP contribution in [0.1, 0.15) is 31.9 Å². The average molecular weight is 244 g/mol. The number of carbonyl (C=O) groups excluding carboxylic acids is 1. The van der Waals surface area contributed by atoms with Gasteiger partial charge in [0.2, 0.25) is 0 Å². The number of rotatable bonds is 4. The van der Waals surface area contributed by atoms with E-state index in [0.717, 1.165) is 6.42 Å². The summed E-state index contributed by atoms with van der Waals surface area (Å²) in [6.07, 6.45) is 3.02. The third-order valence-corrected chi connectivity index (χ3v) is 3.40. The fraction of sp³-hybridized carbons (Fsp3) is 0.438. The van der Waals surface area contributed by atoms with Crippen molar-refractivity contribution < 1.29 is 9.53 Å². The van der Waals surface area contributed by atoms with Crippen LogP contribution >= 0.6 is 0 Å². The Morgan fingerprint density at radius 1 is 1.33 bits per heavy atom. The fourth-order valence-electron chi connectivity index (χ4n) is 2.59. The standard InChI is InChI=1S/C16H20O2/c1-4-18-16(17)15(11(2)3)14-9-12-7-5-6-8-13(12)10-14/h5-9,11,15H,4,10H2,1-3H3. The van der Waals surface area contributed by atoms with E-state index in [1.165, 1.54) is 16.7 Å². The second kappa shape index (κ2) is 5.38. The third-order valence-electron chi connectivity index (χ3n) is 3.40. The first-order valence-corrected chi connectivity index (χ1v) is 6.58. The van der Waals surface area contributed by atoms with Gasteiger partial charge >= 0.3 is 5.97 Å². The molecule has 0 radical (unpaired) electrons. The van der Waals surface area contributed by atoms with Gasteiger partial charge in [-0.15, -0.1) is 0 Å². The first-order valence-electron chi connectivity index (χ1n) is 6.58. The number of carbonyl (C=O) groups is 1. The summed E-state index contributed by atoms with van der Waals surface area (Å²) in [5, 5.41) is 0. The van der Waals surface area contributed by atoms with Crippen LogP contribution in [0.4, 0.5) is 0 Å². The van der Waals surface area contributed by atoms with Crippen LogP contribution < -0.4 is 0 Å². The Balaban J connectivity index is 2.23. The van der Waals surface area contributed by atoms with E-state index in [9.17, 15) is 4.79 Å². The molecule has 2 heteroatoms. The molecule has 0 saturated heterocycles. The predicted molar refractivity (Wildman–Crippen MR) is 73.1 cm³/mol. The molecule has 0 saturated carbocycles. The molecule has 0 amide bonds. The highest BCUT2D eigenvalue weighted by Crippen LogP contribution is 2.33. The molecule has 0 aromatic heterocycles. The van der Waals surface area contributed by atoms with Gasteiger partial charge in [0.25, 0.3) is 0 Å². The monoisotopic (exact) mass is 244 g/mol. The maximum absolute atomic E-state index is 12.1. The molecule has 1 unspecified atom stereocenters. The Morgan fingerprint density at radius 2 is 2.06 bits per heavy atom. The summed E-state index contributed by atoms with van der Waals surface area (Å²) < 4.78 is 5.20. The van der Waals surface area contributed by atoms with Crippen molar-refractivity contribution in [1.29, 1.82) is 0 Å². The topological polar surface area (TPSA) is 26.3 Å². The molecule has 18 heavy (non-hydrogen) atoms. The lowest BCUT2D eigenvalue weighted by Gasteiger charge is -2.20. The molecule has 1 aliphatic rings. The van der Waals surface area contributed by atoms with Crippen LogP contribution in [0.2, 0.25) is 0 Å². The highest BCUT2D eigenvalue weighted by Gasteiger charge is 2.30. The molecule has 96 valence electrons. The molecule has 0 bridgehead atoms. The molecule has 1 aromatic rings. The van der Waals surface area contributed by atoms with Crippen LogP contribution in [0.5, 0.6) is 0 Å². The van der Waals surface area contributed by atoms with Gasteiger partial charge in [-0.3, -0.25) is 4.79 Å². The SMILES string of the molecule is CCOC(=O)C(C1=Cc2ccccc2C1)C(C)C. The normalized spacial score (nSPS) is 15.2. The van der Waals surface area contributed by atoms with Gasteiger partial charge in [-0.1, -0.05) is 49.8 Å². The number of benzene rings is 1. The minimum atomic E-state index is -0.114. The second-order valence-electron chi connectivity index (χ2n) is 5.07. The van der Waals surface area contributed by atoms with Crippen molar-refractivity contribution in [3.05, 3.63) is 41.0 Å². The van der Waals surface area contributed by atoms with Gasteiger partial charge in [0.05, 0.1) is 12.5 Å². The summed E-state index contributed by atoms with van der Waals surface area (Å²) in [5.74, 6) is 0.0634. The van der Waals surface area contributed by atoms with Gasteiger partial charge in [0, 0.05) is 0 Å². The number of fused-ring (bicyclic) bond motifs is 1. The van der Waals surface area contributed by atoms with Crippen LogP contribution in [0.3, 0.4) is 0 Å². The zero-order valence-electron chi connectivity index (χ0n) is 11.3. The van der Waals surface area contributed by atoms with Crippen molar-refractivity contribution in [1.82, 2.24) is 0 Å². The first-order chi connectivity index (χ1) is 8.63. The zero-order chi connectivity index (χ0) is 13.1. The van der Waals surface area contributed by atoms with Gasteiger partial charge in [-0.25, -0.2) is 0 Å². The van der Waals surface area contributed by atoms with E-state index in [2.05, 4.69) is 32.1 Å². The molecule has 1 aliphatic carbocycles. The average Bonchev–Trinajstić information content (AvgIpc) is 2.71. The molecule has 1 aromatic carbocycles. The van der Waals surface area contributed by atoms with Crippen molar-refractivity contribution in [3.8, 4) is 0 Å².